The van der Waals surface area contributed by atoms with Crippen LogP contribution in [0.3, 0.4) is 0 Å². The zero-order valence-electron chi connectivity index (χ0n) is 8.26. The lowest BCUT2D eigenvalue weighted by Gasteiger charge is -2.14. The SMILES string of the molecule is CCCCCCCN1C=CCC1. The summed E-state index contributed by atoms with van der Waals surface area (Å²) >= 11 is 0. The van der Waals surface area contributed by atoms with Crippen LogP contribution in [0.5, 0.6) is 0 Å². The van der Waals surface area contributed by atoms with Gasteiger partial charge in [0, 0.05) is 13.1 Å². The first kappa shape index (κ1) is 9.63. The molecule has 0 atom stereocenters. The smallest absolute Gasteiger partial charge is 0.0207 e. The van der Waals surface area contributed by atoms with Gasteiger partial charge in [-0.1, -0.05) is 38.7 Å². The molecule has 0 spiro atoms. The fraction of sp³-hybridized carbons (Fsp3) is 0.818. The van der Waals surface area contributed by atoms with Gasteiger partial charge in [0.05, 0.1) is 0 Å². The van der Waals surface area contributed by atoms with E-state index in [9.17, 15) is 0 Å². The molecule has 0 radical (unpaired) electrons. The third-order valence-corrected chi connectivity index (χ3v) is 2.45. The molecule has 0 aromatic carbocycles. The van der Waals surface area contributed by atoms with E-state index in [0.29, 0.717) is 0 Å². The molecule has 1 heterocycles. The van der Waals surface area contributed by atoms with E-state index in [4.69, 9.17) is 0 Å². The maximum atomic E-state index is 2.44. The number of unbranched alkanes of at least 4 members (excludes halogenated alkanes) is 4. The van der Waals surface area contributed by atoms with Crippen LogP contribution >= 0.6 is 0 Å². The summed E-state index contributed by atoms with van der Waals surface area (Å²) < 4.78 is 0. The zero-order chi connectivity index (χ0) is 8.65. The minimum atomic E-state index is 1.26. The highest BCUT2D eigenvalue weighted by Gasteiger charge is 2.01. The van der Waals surface area contributed by atoms with Crippen LogP contribution < -0.4 is 0 Å². The number of nitrogens with zero attached hydrogens (tertiary/aromatic N) is 1. The Hall–Kier alpha value is -0.460. The Balaban J connectivity index is 1.85. The van der Waals surface area contributed by atoms with Crippen molar-refractivity contribution >= 4 is 0 Å². The molecule has 1 aliphatic rings. The summed E-state index contributed by atoms with van der Waals surface area (Å²) in [5, 5.41) is 0. The molecular weight excluding hydrogens is 146 g/mol. The van der Waals surface area contributed by atoms with E-state index in [1.165, 1.54) is 51.6 Å². The van der Waals surface area contributed by atoms with E-state index < -0.39 is 0 Å². The lowest BCUT2D eigenvalue weighted by molar-refractivity contribution is 0.388. The van der Waals surface area contributed by atoms with Gasteiger partial charge in [-0.15, -0.1) is 0 Å². The zero-order valence-corrected chi connectivity index (χ0v) is 8.26. The van der Waals surface area contributed by atoms with Crippen molar-refractivity contribution in [2.45, 2.75) is 45.4 Å². The van der Waals surface area contributed by atoms with Crippen LogP contribution in [0.4, 0.5) is 0 Å². The average molecular weight is 167 g/mol. The Labute approximate surface area is 76.5 Å². The molecular formula is C11H21N. The van der Waals surface area contributed by atoms with Gasteiger partial charge in [0.1, 0.15) is 0 Å². The number of hydrogen-bond acceptors (Lipinski definition) is 1. The Morgan fingerprint density at radius 1 is 1.17 bits per heavy atom. The van der Waals surface area contributed by atoms with Gasteiger partial charge in [-0.25, -0.2) is 0 Å². The minimum Gasteiger partial charge on any atom is -0.377 e. The summed E-state index contributed by atoms with van der Waals surface area (Å²) in [6.45, 7) is 4.80. The van der Waals surface area contributed by atoms with Gasteiger partial charge in [-0.2, -0.15) is 0 Å². The van der Waals surface area contributed by atoms with Crippen molar-refractivity contribution in [1.29, 1.82) is 0 Å². The van der Waals surface area contributed by atoms with Gasteiger partial charge in [0.15, 0.2) is 0 Å². The Kier molecular flexibility index (Phi) is 4.89. The van der Waals surface area contributed by atoms with Crippen molar-refractivity contribution in [2.75, 3.05) is 13.1 Å². The van der Waals surface area contributed by atoms with E-state index in [1.54, 1.807) is 0 Å². The first-order chi connectivity index (χ1) is 5.93. The van der Waals surface area contributed by atoms with Crippen molar-refractivity contribution in [3.8, 4) is 0 Å². The van der Waals surface area contributed by atoms with Crippen molar-refractivity contribution in [3.05, 3.63) is 12.3 Å². The summed E-state index contributed by atoms with van der Waals surface area (Å²) in [5.74, 6) is 0. The molecule has 1 rings (SSSR count). The Bertz CT molecular complexity index is 129. The van der Waals surface area contributed by atoms with Gasteiger partial charge in [-0.3, -0.25) is 0 Å². The van der Waals surface area contributed by atoms with Crippen molar-refractivity contribution in [1.82, 2.24) is 4.90 Å². The van der Waals surface area contributed by atoms with Gasteiger partial charge >= 0.3 is 0 Å². The molecule has 0 saturated heterocycles. The molecule has 0 saturated carbocycles. The average Bonchev–Trinajstić information content (AvgIpc) is 2.57. The second-order valence-electron chi connectivity index (χ2n) is 3.62. The first-order valence-corrected chi connectivity index (χ1v) is 5.34. The van der Waals surface area contributed by atoms with Crippen LogP contribution in [-0.2, 0) is 0 Å². The van der Waals surface area contributed by atoms with E-state index in [1.807, 2.05) is 0 Å². The van der Waals surface area contributed by atoms with E-state index in [2.05, 4.69) is 24.1 Å². The molecule has 1 aliphatic heterocycles. The number of rotatable bonds is 6. The lowest BCUT2D eigenvalue weighted by Crippen LogP contribution is -2.15. The molecule has 1 heteroatoms. The molecule has 1 nitrogen and oxygen atoms in total. The van der Waals surface area contributed by atoms with Gasteiger partial charge in [0.25, 0.3) is 0 Å². The predicted octanol–water partition coefficient (Wildman–Crippen LogP) is 3.18. The summed E-state index contributed by atoms with van der Waals surface area (Å²) in [4.78, 5) is 2.44. The van der Waals surface area contributed by atoms with E-state index in [-0.39, 0.29) is 0 Å². The first-order valence-electron chi connectivity index (χ1n) is 5.34. The molecule has 12 heavy (non-hydrogen) atoms. The van der Waals surface area contributed by atoms with Gasteiger partial charge < -0.3 is 4.90 Å². The largest absolute Gasteiger partial charge is 0.377 e. The van der Waals surface area contributed by atoms with Crippen LogP contribution in [0.15, 0.2) is 12.3 Å². The van der Waals surface area contributed by atoms with Crippen molar-refractivity contribution < 1.29 is 0 Å². The molecule has 0 bridgehead atoms. The monoisotopic (exact) mass is 167 g/mol. The highest BCUT2D eigenvalue weighted by Crippen LogP contribution is 2.07. The Morgan fingerprint density at radius 3 is 2.67 bits per heavy atom. The summed E-state index contributed by atoms with van der Waals surface area (Å²) in [7, 11) is 0. The normalized spacial score (nSPS) is 15.9. The summed E-state index contributed by atoms with van der Waals surface area (Å²) in [5.41, 5.74) is 0. The fourth-order valence-corrected chi connectivity index (χ4v) is 1.64. The molecule has 0 unspecified atom stereocenters. The quantitative estimate of drug-likeness (QED) is 0.549. The highest BCUT2D eigenvalue weighted by molar-refractivity contribution is 4.90. The number of hydrogen-bond donors (Lipinski definition) is 0. The van der Waals surface area contributed by atoms with Gasteiger partial charge in [0.2, 0.25) is 0 Å². The van der Waals surface area contributed by atoms with Crippen LogP contribution in [0.2, 0.25) is 0 Å². The predicted molar refractivity (Wildman–Crippen MR) is 54.1 cm³/mol. The summed E-state index contributed by atoms with van der Waals surface area (Å²) in [6.07, 6.45) is 12.8. The minimum absolute atomic E-state index is 1.26. The molecule has 0 N–H and O–H groups in total. The lowest BCUT2D eigenvalue weighted by atomic mass is 10.1. The van der Waals surface area contributed by atoms with Crippen LogP contribution in [0.25, 0.3) is 0 Å². The standard InChI is InChI=1S/C11H21N/c1-2-3-4-5-6-9-12-10-7-8-11-12/h7,10H,2-6,8-9,11H2,1H3. The maximum Gasteiger partial charge on any atom is 0.0207 e. The van der Waals surface area contributed by atoms with Crippen LogP contribution in [-0.4, -0.2) is 18.0 Å². The second kappa shape index (κ2) is 6.10. The van der Waals surface area contributed by atoms with Gasteiger partial charge in [-0.05, 0) is 19.0 Å². The third-order valence-electron chi connectivity index (χ3n) is 2.45. The second-order valence-corrected chi connectivity index (χ2v) is 3.62. The maximum absolute atomic E-state index is 2.44. The Morgan fingerprint density at radius 2 is 2.00 bits per heavy atom. The third kappa shape index (κ3) is 3.80. The molecule has 0 aromatic heterocycles. The molecule has 0 aromatic rings. The molecule has 0 fully saturated rings. The van der Waals surface area contributed by atoms with Crippen LogP contribution in [0, 0.1) is 0 Å². The molecule has 0 aliphatic carbocycles. The topological polar surface area (TPSA) is 3.24 Å². The van der Waals surface area contributed by atoms with E-state index in [0.717, 1.165) is 0 Å². The molecule has 0 amide bonds. The summed E-state index contributed by atoms with van der Waals surface area (Å²) in [6, 6.07) is 0. The fourth-order valence-electron chi connectivity index (χ4n) is 1.64. The van der Waals surface area contributed by atoms with Crippen molar-refractivity contribution in [3.63, 3.8) is 0 Å². The highest BCUT2D eigenvalue weighted by atomic mass is 15.1. The van der Waals surface area contributed by atoms with E-state index >= 15 is 0 Å². The molecule has 70 valence electrons. The van der Waals surface area contributed by atoms with Crippen LogP contribution in [0.1, 0.15) is 45.4 Å². The van der Waals surface area contributed by atoms with Crippen molar-refractivity contribution in [2.24, 2.45) is 0 Å².